The second-order valence-electron chi connectivity index (χ2n) is 10.4. The number of rotatable bonds is 8. The summed E-state index contributed by atoms with van der Waals surface area (Å²) in [4.78, 5) is 20.7. The average Bonchev–Trinajstić information content (AvgIpc) is 3.53. The molecule has 6 nitrogen and oxygen atoms in total. The van der Waals surface area contributed by atoms with Crippen LogP contribution < -0.4 is 0 Å². The molecule has 1 aliphatic carbocycles. The molecule has 4 aromatic rings. The molecule has 1 aliphatic rings. The first kappa shape index (κ1) is 25.6. The van der Waals surface area contributed by atoms with Crippen LogP contribution in [-0.4, -0.2) is 58.7 Å². The van der Waals surface area contributed by atoms with Crippen molar-refractivity contribution in [3.8, 4) is 22.4 Å². The number of aryl methyl sites for hydroxylation is 1. The number of pyridine rings is 1. The van der Waals surface area contributed by atoms with Crippen molar-refractivity contribution in [2.24, 2.45) is 0 Å². The van der Waals surface area contributed by atoms with Gasteiger partial charge in [0.25, 0.3) is 0 Å². The van der Waals surface area contributed by atoms with Crippen molar-refractivity contribution < 1.29 is 4.79 Å². The highest BCUT2D eigenvalue weighted by atomic mass is 16.2. The van der Waals surface area contributed by atoms with Gasteiger partial charge in [0.05, 0.1) is 12.1 Å². The number of benzene rings is 2. The maximum absolute atomic E-state index is 12.1. The van der Waals surface area contributed by atoms with Gasteiger partial charge in [0.15, 0.2) is 0 Å². The van der Waals surface area contributed by atoms with Crippen molar-refractivity contribution in [2.75, 3.05) is 28.2 Å². The van der Waals surface area contributed by atoms with Crippen molar-refractivity contribution in [2.45, 2.75) is 32.9 Å². The van der Waals surface area contributed by atoms with E-state index in [2.05, 4.69) is 80.7 Å². The molecule has 0 fully saturated rings. The molecule has 0 bridgehead atoms. The number of carbonyl (C=O) groups is 1. The van der Waals surface area contributed by atoms with E-state index < -0.39 is 0 Å². The van der Waals surface area contributed by atoms with Gasteiger partial charge >= 0.3 is 0 Å². The molecule has 0 saturated carbocycles. The van der Waals surface area contributed by atoms with Gasteiger partial charge in [-0.1, -0.05) is 48.5 Å². The topological polar surface area (TPSA) is 54.3 Å². The molecule has 0 N–H and O–H groups in total. The van der Waals surface area contributed by atoms with Gasteiger partial charge in [0.1, 0.15) is 5.69 Å². The van der Waals surface area contributed by atoms with Crippen molar-refractivity contribution in [1.82, 2.24) is 24.6 Å². The molecule has 0 atom stereocenters. The van der Waals surface area contributed by atoms with Crippen LogP contribution >= 0.6 is 0 Å². The van der Waals surface area contributed by atoms with Crippen molar-refractivity contribution >= 4 is 17.6 Å². The van der Waals surface area contributed by atoms with Crippen molar-refractivity contribution in [1.29, 1.82) is 0 Å². The molecule has 2 aromatic carbocycles. The largest absolute Gasteiger partial charge is 0.349 e. The Balaban J connectivity index is 1.51. The molecule has 0 spiro atoms. The van der Waals surface area contributed by atoms with Crippen molar-refractivity contribution in [3.05, 3.63) is 94.9 Å². The Morgan fingerprint density at radius 3 is 2.45 bits per heavy atom. The lowest BCUT2D eigenvalue weighted by Crippen LogP contribution is -2.23. The van der Waals surface area contributed by atoms with Gasteiger partial charge < -0.3 is 9.80 Å². The van der Waals surface area contributed by atoms with Gasteiger partial charge in [-0.2, -0.15) is 5.10 Å². The number of fused-ring (bicyclic) bond motifs is 1. The van der Waals surface area contributed by atoms with Gasteiger partial charge in [0.2, 0.25) is 5.91 Å². The zero-order valence-corrected chi connectivity index (χ0v) is 22.9. The predicted octanol–water partition coefficient (Wildman–Crippen LogP) is 5.42. The van der Waals surface area contributed by atoms with Crippen LogP contribution in [-0.2, 0) is 30.7 Å². The minimum absolute atomic E-state index is 0.0934. The first-order valence-corrected chi connectivity index (χ1v) is 13.1. The quantitative estimate of drug-likeness (QED) is 0.321. The molecule has 0 aliphatic heterocycles. The van der Waals surface area contributed by atoms with Crippen LogP contribution in [0.1, 0.15) is 34.9 Å². The van der Waals surface area contributed by atoms with E-state index in [4.69, 9.17) is 10.1 Å². The SMILES string of the molecule is CCn1cc(-c2ccnc3c2C=C(c2cccc(CN(C)C)c2)C3)c(-c2ccc(CC(=O)N(C)C)cc2)n1. The van der Waals surface area contributed by atoms with Crippen LogP contribution in [0.5, 0.6) is 0 Å². The molecular formula is C32H35N5O. The fraction of sp³-hybridized carbons (Fsp3) is 0.281. The maximum Gasteiger partial charge on any atom is 0.226 e. The average molecular weight is 506 g/mol. The molecule has 194 valence electrons. The highest BCUT2D eigenvalue weighted by Crippen LogP contribution is 2.40. The molecule has 2 aromatic heterocycles. The van der Waals surface area contributed by atoms with Crippen LogP contribution in [0.4, 0.5) is 0 Å². The Bertz CT molecular complexity index is 1490. The van der Waals surface area contributed by atoms with E-state index in [0.29, 0.717) is 6.42 Å². The number of allylic oxidation sites excluding steroid dienone is 1. The zero-order valence-electron chi connectivity index (χ0n) is 22.9. The van der Waals surface area contributed by atoms with E-state index in [9.17, 15) is 4.79 Å². The summed E-state index contributed by atoms with van der Waals surface area (Å²) in [5, 5.41) is 4.93. The van der Waals surface area contributed by atoms with E-state index in [1.54, 1.807) is 19.0 Å². The Labute approximate surface area is 225 Å². The van der Waals surface area contributed by atoms with Crippen LogP contribution in [0.3, 0.4) is 0 Å². The van der Waals surface area contributed by atoms with Gasteiger partial charge in [-0.05, 0) is 61.0 Å². The van der Waals surface area contributed by atoms with Crippen molar-refractivity contribution in [3.63, 3.8) is 0 Å². The second kappa shape index (κ2) is 10.8. The van der Waals surface area contributed by atoms with Crippen LogP contribution in [0, 0.1) is 0 Å². The smallest absolute Gasteiger partial charge is 0.226 e. The third-order valence-electron chi connectivity index (χ3n) is 7.00. The Hall–Kier alpha value is -4.03. The fourth-order valence-corrected chi connectivity index (χ4v) is 4.99. The molecule has 6 heteroatoms. The lowest BCUT2D eigenvalue weighted by Gasteiger charge is -2.11. The molecule has 1 amide bonds. The van der Waals surface area contributed by atoms with E-state index >= 15 is 0 Å². The van der Waals surface area contributed by atoms with E-state index in [1.807, 2.05) is 23.0 Å². The summed E-state index contributed by atoms with van der Waals surface area (Å²) in [6.07, 6.45) is 7.56. The van der Waals surface area contributed by atoms with Gasteiger partial charge in [-0.25, -0.2) is 0 Å². The summed E-state index contributed by atoms with van der Waals surface area (Å²) in [6.45, 7) is 3.81. The highest BCUT2D eigenvalue weighted by Gasteiger charge is 2.22. The summed E-state index contributed by atoms with van der Waals surface area (Å²) in [7, 11) is 7.76. The third-order valence-corrected chi connectivity index (χ3v) is 7.00. The Kier molecular flexibility index (Phi) is 7.25. The minimum atomic E-state index is 0.0934. The van der Waals surface area contributed by atoms with Gasteiger partial charge in [0, 0.05) is 62.7 Å². The van der Waals surface area contributed by atoms with E-state index in [-0.39, 0.29) is 5.91 Å². The number of amides is 1. The lowest BCUT2D eigenvalue weighted by atomic mass is 9.97. The summed E-state index contributed by atoms with van der Waals surface area (Å²) in [6, 6.07) is 19.1. The summed E-state index contributed by atoms with van der Waals surface area (Å²) < 4.78 is 1.99. The van der Waals surface area contributed by atoms with Gasteiger partial charge in [-0.3, -0.25) is 14.5 Å². The second-order valence-corrected chi connectivity index (χ2v) is 10.4. The third kappa shape index (κ3) is 5.31. The van der Waals surface area contributed by atoms with Crippen LogP contribution in [0.25, 0.3) is 34.0 Å². The summed E-state index contributed by atoms with van der Waals surface area (Å²) in [5.41, 5.74) is 11.3. The molecular weight excluding hydrogens is 470 g/mol. The van der Waals surface area contributed by atoms with E-state index in [1.165, 1.54) is 22.3 Å². The number of aromatic nitrogens is 3. The normalized spacial score (nSPS) is 12.5. The molecule has 2 heterocycles. The van der Waals surface area contributed by atoms with Gasteiger partial charge in [-0.15, -0.1) is 0 Å². The predicted molar refractivity (Wildman–Crippen MR) is 154 cm³/mol. The first-order chi connectivity index (χ1) is 18.3. The van der Waals surface area contributed by atoms with E-state index in [0.717, 1.165) is 53.2 Å². The number of carbonyl (C=O) groups excluding carboxylic acids is 1. The minimum Gasteiger partial charge on any atom is -0.349 e. The lowest BCUT2D eigenvalue weighted by molar-refractivity contribution is -0.127. The number of nitrogens with zero attached hydrogens (tertiary/aromatic N) is 5. The zero-order chi connectivity index (χ0) is 26.8. The Morgan fingerprint density at radius 1 is 0.947 bits per heavy atom. The molecule has 0 radical (unpaired) electrons. The molecule has 5 rings (SSSR count). The van der Waals surface area contributed by atoms with Crippen LogP contribution in [0.2, 0.25) is 0 Å². The number of hydrogen-bond acceptors (Lipinski definition) is 4. The summed E-state index contributed by atoms with van der Waals surface area (Å²) in [5.74, 6) is 0.0934. The fourth-order valence-electron chi connectivity index (χ4n) is 4.99. The number of likely N-dealkylation sites (N-methyl/N-ethyl adjacent to an activating group) is 1. The maximum atomic E-state index is 12.1. The monoisotopic (exact) mass is 505 g/mol. The van der Waals surface area contributed by atoms with Crippen LogP contribution in [0.15, 0.2) is 67.0 Å². The highest BCUT2D eigenvalue weighted by molar-refractivity contribution is 5.95. The molecule has 0 unspecified atom stereocenters. The molecule has 38 heavy (non-hydrogen) atoms. The Morgan fingerprint density at radius 2 is 1.74 bits per heavy atom. The number of hydrogen-bond donors (Lipinski definition) is 0. The first-order valence-electron chi connectivity index (χ1n) is 13.1. The standard InChI is InChI=1S/C32H35N5O/c1-6-37-21-29(32(34-37)24-12-10-22(11-13-24)17-31(38)36(4)5)27-14-15-33-30-19-26(18-28(27)30)25-9-7-8-23(16-25)20-35(2)3/h7-16,18,21H,6,17,19-20H2,1-5H3. The molecule has 0 saturated heterocycles. The summed E-state index contributed by atoms with van der Waals surface area (Å²) >= 11 is 0.